The van der Waals surface area contributed by atoms with Gasteiger partial charge in [0.1, 0.15) is 11.6 Å². The van der Waals surface area contributed by atoms with Gasteiger partial charge in [-0.25, -0.2) is 9.97 Å². The maximum Gasteiger partial charge on any atom is 0.147 e. The minimum Gasteiger partial charge on any atom is -0.495 e. The molecule has 0 aliphatic carbocycles. The average Bonchev–Trinajstić information content (AvgIpc) is 2.41. The first-order valence-electron chi connectivity index (χ1n) is 5.54. The summed E-state index contributed by atoms with van der Waals surface area (Å²) in [5.41, 5.74) is 1.88. The molecule has 0 aliphatic rings. The van der Waals surface area contributed by atoms with Crippen molar-refractivity contribution in [3.8, 4) is 5.75 Å². The van der Waals surface area contributed by atoms with Gasteiger partial charge in [-0.15, -0.1) is 0 Å². The zero-order valence-corrected chi connectivity index (χ0v) is 11.0. The number of methoxy groups -OCH3 is 1. The molecule has 4 nitrogen and oxygen atoms in total. The number of ether oxygens (including phenoxy) is 1. The fourth-order valence-corrected chi connectivity index (χ4v) is 1.72. The van der Waals surface area contributed by atoms with Crippen LogP contribution < -0.4 is 10.1 Å². The Kier molecular flexibility index (Phi) is 3.99. The summed E-state index contributed by atoms with van der Waals surface area (Å²) >= 11 is 6.05. The summed E-state index contributed by atoms with van der Waals surface area (Å²) in [6.07, 6.45) is 3.43. The molecule has 1 N–H and O–H groups in total. The summed E-state index contributed by atoms with van der Waals surface area (Å²) in [4.78, 5) is 8.30. The number of hydrogen-bond acceptors (Lipinski definition) is 4. The van der Waals surface area contributed by atoms with Crippen molar-refractivity contribution in [3.63, 3.8) is 0 Å². The Bertz CT molecular complexity index is 531. The highest BCUT2D eigenvalue weighted by Gasteiger charge is 2.07. The van der Waals surface area contributed by atoms with Gasteiger partial charge in [-0.3, -0.25) is 0 Å². The first-order chi connectivity index (χ1) is 8.70. The van der Waals surface area contributed by atoms with Gasteiger partial charge < -0.3 is 10.1 Å². The van der Waals surface area contributed by atoms with E-state index in [1.807, 2.05) is 13.0 Å². The van der Waals surface area contributed by atoms with E-state index in [9.17, 15) is 0 Å². The number of benzene rings is 1. The van der Waals surface area contributed by atoms with Crippen LogP contribution in [0.4, 0.5) is 5.69 Å². The lowest BCUT2D eigenvalue weighted by Gasteiger charge is -2.12. The summed E-state index contributed by atoms with van der Waals surface area (Å²) in [6, 6.07) is 5.53. The van der Waals surface area contributed by atoms with Crippen LogP contribution in [0, 0.1) is 6.92 Å². The Labute approximate surface area is 111 Å². The average molecular weight is 264 g/mol. The van der Waals surface area contributed by atoms with E-state index in [0.29, 0.717) is 17.3 Å². The lowest BCUT2D eigenvalue weighted by atomic mass is 10.2. The number of anilines is 1. The van der Waals surface area contributed by atoms with Crippen LogP contribution in [0.1, 0.15) is 11.4 Å². The van der Waals surface area contributed by atoms with Crippen LogP contribution in [0.5, 0.6) is 5.75 Å². The van der Waals surface area contributed by atoms with Crippen molar-refractivity contribution in [1.82, 2.24) is 9.97 Å². The molecule has 2 aromatic rings. The predicted molar refractivity (Wildman–Crippen MR) is 72.1 cm³/mol. The molecule has 0 bridgehead atoms. The van der Waals surface area contributed by atoms with Crippen LogP contribution in [0.25, 0.3) is 0 Å². The van der Waals surface area contributed by atoms with Crippen molar-refractivity contribution >= 4 is 17.3 Å². The van der Waals surface area contributed by atoms with E-state index >= 15 is 0 Å². The second-order valence-corrected chi connectivity index (χ2v) is 4.23. The number of aromatic nitrogens is 2. The Balaban J connectivity index is 2.16. The monoisotopic (exact) mass is 263 g/mol. The summed E-state index contributed by atoms with van der Waals surface area (Å²) in [6.45, 7) is 2.49. The number of nitrogens with zero attached hydrogens (tertiary/aromatic N) is 2. The summed E-state index contributed by atoms with van der Waals surface area (Å²) in [7, 11) is 1.62. The fourth-order valence-electron chi connectivity index (χ4n) is 1.57. The number of aryl methyl sites for hydroxylation is 1. The zero-order valence-electron chi connectivity index (χ0n) is 10.3. The molecule has 18 heavy (non-hydrogen) atoms. The minimum atomic E-state index is 0.540. The van der Waals surface area contributed by atoms with Crippen LogP contribution in [0.2, 0.25) is 5.02 Å². The molecular formula is C13H14ClN3O. The van der Waals surface area contributed by atoms with Gasteiger partial charge in [-0.2, -0.15) is 0 Å². The van der Waals surface area contributed by atoms with E-state index < -0.39 is 0 Å². The summed E-state index contributed by atoms with van der Waals surface area (Å²) in [5.74, 6) is 1.44. The van der Waals surface area contributed by atoms with Gasteiger partial charge in [0.05, 0.1) is 19.3 Å². The second-order valence-electron chi connectivity index (χ2n) is 3.82. The van der Waals surface area contributed by atoms with Gasteiger partial charge in [-0.1, -0.05) is 11.6 Å². The molecule has 0 fully saturated rings. The van der Waals surface area contributed by atoms with E-state index in [4.69, 9.17) is 16.3 Å². The van der Waals surface area contributed by atoms with Crippen LogP contribution in [-0.2, 0) is 6.54 Å². The van der Waals surface area contributed by atoms with E-state index in [0.717, 1.165) is 17.1 Å². The van der Waals surface area contributed by atoms with E-state index in [2.05, 4.69) is 15.3 Å². The SMILES string of the molecule is COc1cc(Cl)c(C)cc1NCc1ncccn1. The van der Waals surface area contributed by atoms with Crippen molar-refractivity contribution in [3.05, 3.63) is 47.0 Å². The fraction of sp³-hybridized carbons (Fsp3) is 0.231. The smallest absolute Gasteiger partial charge is 0.147 e. The third kappa shape index (κ3) is 2.90. The molecule has 94 valence electrons. The molecular weight excluding hydrogens is 250 g/mol. The molecule has 0 radical (unpaired) electrons. The van der Waals surface area contributed by atoms with Crippen LogP contribution in [0.3, 0.4) is 0 Å². The van der Waals surface area contributed by atoms with Gasteiger partial charge in [0.2, 0.25) is 0 Å². The molecule has 0 atom stereocenters. The molecule has 5 heteroatoms. The molecule has 1 aromatic heterocycles. The van der Waals surface area contributed by atoms with Gasteiger partial charge >= 0.3 is 0 Å². The Hall–Kier alpha value is -1.81. The van der Waals surface area contributed by atoms with Crippen LogP contribution >= 0.6 is 11.6 Å². The quantitative estimate of drug-likeness (QED) is 0.921. The van der Waals surface area contributed by atoms with E-state index in [-0.39, 0.29) is 0 Å². The van der Waals surface area contributed by atoms with Gasteiger partial charge in [0.25, 0.3) is 0 Å². The highest BCUT2D eigenvalue weighted by Crippen LogP contribution is 2.30. The molecule has 0 aliphatic heterocycles. The zero-order chi connectivity index (χ0) is 13.0. The Morgan fingerprint density at radius 2 is 2.00 bits per heavy atom. The van der Waals surface area contributed by atoms with Gasteiger partial charge in [0, 0.05) is 23.5 Å². The van der Waals surface area contributed by atoms with E-state index in [1.54, 1.807) is 31.6 Å². The minimum absolute atomic E-state index is 0.540. The third-order valence-electron chi connectivity index (χ3n) is 2.54. The van der Waals surface area contributed by atoms with Crippen molar-refractivity contribution in [2.24, 2.45) is 0 Å². The summed E-state index contributed by atoms with van der Waals surface area (Å²) in [5, 5.41) is 3.93. The van der Waals surface area contributed by atoms with E-state index in [1.165, 1.54) is 0 Å². The van der Waals surface area contributed by atoms with Gasteiger partial charge in [-0.05, 0) is 24.6 Å². The standard InChI is InChI=1S/C13H14ClN3O/c1-9-6-11(12(18-2)7-10(9)14)17-8-13-15-4-3-5-16-13/h3-7,17H,8H2,1-2H3. The summed E-state index contributed by atoms with van der Waals surface area (Å²) < 4.78 is 5.28. The van der Waals surface area contributed by atoms with Gasteiger partial charge in [0.15, 0.2) is 0 Å². The lowest BCUT2D eigenvalue weighted by Crippen LogP contribution is -2.05. The lowest BCUT2D eigenvalue weighted by molar-refractivity contribution is 0.416. The predicted octanol–water partition coefficient (Wildman–Crippen LogP) is 3.06. The molecule has 0 amide bonds. The number of nitrogens with one attached hydrogen (secondary N) is 1. The first kappa shape index (κ1) is 12.6. The van der Waals surface area contributed by atoms with Crippen molar-refractivity contribution in [2.75, 3.05) is 12.4 Å². The topological polar surface area (TPSA) is 47.0 Å². The molecule has 1 heterocycles. The highest BCUT2D eigenvalue weighted by atomic mass is 35.5. The van der Waals surface area contributed by atoms with Crippen molar-refractivity contribution in [1.29, 1.82) is 0 Å². The number of halogens is 1. The third-order valence-corrected chi connectivity index (χ3v) is 2.94. The van der Waals surface area contributed by atoms with Crippen LogP contribution in [0.15, 0.2) is 30.6 Å². The highest BCUT2D eigenvalue weighted by molar-refractivity contribution is 6.31. The molecule has 0 spiro atoms. The van der Waals surface area contributed by atoms with Crippen LogP contribution in [-0.4, -0.2) is 17.1 Å². The molecule has 2 rings (SSSR count). The Morgan fingerprint density at radius 3 is 2.67 bits per heavy atom. The maximum absolute atomic E-state index is 6.05. The van der Waals surface area contributed by atoms with Crippen molar-refractivity contribution in [2.45, 2.75) is 13.5 Å². The number of rotatable bonds is 4. The molecule has 0 saturated heterocycles. The number of hydrogen-bond donors (Lipinski definition) is 1. The molecule has 0 unspecified atom stereocenters. The largest absolute Gasteiger partial charge is 0.495 e. The first-order valence-corrected chi connectivity index (χ1v) is 5.92. The molecule has 0 saturated carbocycles. The Morgan fingerprint density at radius 1 is 1.28 bits per heavy atom. The maximum atomic E-state index is 6.05. The van der Waals surface area contributed by atoms with Crippen molar-refractivity contribution < 1.29 is 4.74 Å². The normalized spacial score (nSPS) is 10.2. The second kappa shape index (κ2) is 5.69. The molecule has 1 aromatic carbocycles.